The molecule has 2 N–H and O–H groups in total. The Bertz CT molecular complexity index is 1280. The summed E-state index contributed by atoms with van der Waals surface area (Å²) in [6.07, 6.45) is 7.74. The maximum absolute atomic E-state index is 13.5. The second kappa shape index (κ2) is 8.04. The lowest BCUT2D eigenvalue weighted by atomic mass is 10.0. The monoisotopic (exact) mass is 435 g/mol. The molecular weight excluding hydrogens is 416 g/mol. The van der Waals surface area contributed by atoms with Crippen LogP contribution in [0.2, 0.25) is 0 Å². The van der Waals surface area contributed by atoms with Gasteiger partial charge in [-0.2, -0.15) is 5.10 Å². The van der Waals surface area contributed by atoms with Crippen LogP contribution in [0.25, 0.3) is 22.0 Å². The van der Waals surface area contributed by atoms with Crippen LogP contribution in [0.3, 0.4) is 0 Å². The van der Waals surface area contributed by atoms with E-state index in [0.717, 1.165) is 16.7 Å². The van der Waals surface area contributed by atoms with Gasteiger partial charge >= 0.3 is 0 Å². The molecule has 0 saturated carbocycles. The molecule has 1 saturated heterocycles. The van der Waals surface area contributed by atoms with E-state index in [1.807, 2.05) is 24.3 Å². The number of alkyl halides is 2. The number of nitrogens with zero attached hydrogens (tertiary/aromatic N) is 5. The van der Waals surface area contributed by atoms with Gasteiger partial charge in [0.05, 0.1) is 18.3 Å². The van der Waals surface area contributed by atoms with Crippen molar-refractivity contribution in [1.82, 2.24) is 30.0 Å². The first-order chi connectivity index (χ1) is 15.5. The number of hydrogen-bond acceptors (Lipinski definition) is 6. The van der Waals surface area contributed by atoms with Crippen molar-refractivity contribution in [3.05, 3.63) is 66.5 Å². The van der Waals surface area contributed by atoms with E-state index in [1.54, 1.807) is 17.3 Å². The molecule has 3 aromatic heterocycles. The first-order valence-corrected chi connectivity index (χ1v) is 10.1. The second-order valence-corrected chi connectivity index (χ2v) is 7.78. The average Bonchev–Trinajstić information content (AvgIpc) is 3.36. The number of hydrogen-bond donors (Lipinski definition) is 2. The van der Waals surface area contributed by atoms with Crippen molar-refractivity contribution in [3.8, 4) is 11.1 Å². The summed E-state index contributed by atoms with van der Waals surface area (Å²) in [4.78, 5) is 26.7. The third-order valence-electron chi connectivity index (χ3n) is 5.37. The van der Waals surface area contributed by atoms with Crippen molar-refractivity contribution in [2.24, 2.45) is 0 Å². The van der Waals surface area contributed by atoms with Crippen molar-refractivity contribution < 1.29 is 13.6 Å². The standard InChI is InChI=1S/C22H19F2N7O/c23-22(24)3-6-31(13-22)12-14-7-16(10-26-9-14)15-1-2-18-17(8-15)20(30-29-18)21(32)28-19-11-25-4-5-27-19/h1-2,4-5,7-11H,3,6,12-13H2,(H,29,30)(H,27,28,32). The Morgan fingerprint density at radius 1 is 1.12 bits per heavy atom. The van der Waals surface area contributed by atoms with Gasteiger partial charge in [0.25, 0.3) is 11.8 Å². The molecule has 1 aliphatic rings. The molecule has 10 heteroatoms. The molecule has 0 unspecified atom stereocenters. The maximum Gasteiger partial charge on any atom is 0.277 e. The van der Waals surface area contributed by atoms with Crippen LogP contribution in [0.5, 0.6) is 0 Å². The molecule has 1 aromatic carbocycles. The van der Waals surface area contributed by atoms with Crippen molar-refractivity contribution in [1.29, 1.82) is 0 Å². The molecule has 0 spiro atoms. The fraction of sp³-hybridized carbons (Fsp3) is 0.227. The molecule has 32 heavy (non-hydrogen) atoms. The third kappa shape index (κ3) is 4.17. The van der Waals surface area contributed by atoms with Gasteiger partial charge in [0.1, 0.15) is 0 Å². The highest BCUT2D eigenvalue weighted by Crippen LogP contribution is 2.29. The molecule has 4 aromatic rings. The van der Waals surface area contributed by atoms with Gasteiger partial charge in [-0.1, -0.05) is 6.07 Å². The zero-order valence-corrected chi connectivity index (χ0v) is 16.9. The minimum Gasteiger partial charge on any atom is -0.304 e. The van der Waals surface area contributed by atoms with Gasteiger partial charge in [-0.15, -0.1) is 0 Å². The largest absolute Gasteiger partial charge is 0.304 e. The smallest absolute Gasteiger partial charge is 0.277 e. The summed E-state index contributed by atoms with van der Waals surface area (Å²) in [7, 11) is 0. The first-order valence-electron chi connectivity index (χ1n) is 10.1. The number of amides is 1. The zero-order valence-electron chi connectivity index (χ0n) is 16.9. The van der Waals surface area contributed by atoms with Crippen LogP contribution < -0.4 is 5.32 Å². The van der Waals surface area contributed by atoms with Gasteiger partial charge in [0.15, 0.2) is 11.5 Å². The number of H-pyrrole nitrogens is 1. The SMILES string of the molecule is O=C(Nc1cnccn1)c1n[nH]c2ccc(-c3cncc(CN4CCC(F)(F)C4)c3)cc12. The number of pyridine rings is 1. The van der Waals surface area contributed by atoms with Gasteiger partial charge in [0.2, 0.25) is 0 Å². The number of nitrogens with one attached hydrogen (secondary N) is 2. The summed E-state index contributed by atoms with van der Waals surface area (Å²) in [6, 6.07) is 7.53. The van der Waals surface area contributed by atoms with E-state index in [-0.39, 0.29) is 18.7 Å². The number of carbonyl (C=O) groups excluding carboxylic acids is 1. The molecular formula is C22H19F2N7O. The fourth-order valence-corrected chi connectivity index (χ4v) is 3.84. The van der Waals surface area contributed by atoms with E-state index in [0.29, 0.717) is 29.8 Å². The van der Waals surface area contributed by atoms with Gasteiger partial charge < -0.3 is 5.32 Å². The molecule has 1 aliphatic heterocycles. The van der Waals surface area contributed by atoms with Crippen LogP contribution in [-0.2, 0) is 6.54 Å². The Morgan fingerprint density at radius 2 is 2.03 bits per heavy atom. The van der Waals surface area contributed by atoms with Gasteiger partial charge in [-0.25, -0.2) is 13.8 Å². The summed E-state index contributed by atoms with van der Waals surface area (Å²) in [5, 5.41) is 10.3. The van der Waals surface area contributed by atoms with Crippen LogP contribution in [0, 0.1) is 0 Å². The third-order valence-corrected chi connectivity index (χ3v) is 5.37. The molecule has 4 heterocycles. The lowest BCUT2D eigenvalue weighted by Gasteiger charge is -2.15. The summed E-state index contributed by atoms with van der Waals surface area (Å²) in [6.45, 7) is 0.543. The molecule has 0 aliphatic carbocycles. The molecule has 1 fully saturated rings. The Morgan fingerprint density at radius 3 is 2.81 bits per heavy atom. The highest BCUT2D eigenvalue weighted by Gasteiger charge is 2.37. The summed E-state index contributed by atoms with van der Waals surface area (Å²) in [5.41, 5.74) is 3.47. The highest BCUT2D eigenvalue weighted by atomic mass is 19.3. The number of rotatable bonds is 5. The van der Waals surface area contributed by atoms with Crippen molar-refractivity contribution in [2.45, 2.75) is 18.9 Å². The number of halogens is 2. The van der Waals surface area contributed by atoms with Crippen LogP contribution >= 0.6 is 0 Å². The topological polar surface area (TPSA) is 99.7 Å². The Balaban J connectivity index is 1.40. The minimum absolute atomic E-state index is 0.114. The van der Waals surface area contributed by atoms with E-state index in [1.165, 1.54) is 18.6 Å². The van der Waals surface area contributed by atoms with Crippen molar-refractivity contribution in [3.63, 3.8) is 0 Å². The Labute approximate surface area is 181 Å². The molecule has 162 valence electrons. The molecule has 5 rings (SSSR count). The quantitative estimate of drug-likeness (QED) is 0.498. The van der Waals surface area contributed by atoms with E-state index in [9.17, 15) is 13.6 Å². The van der Waals surface area contributed by atoms with Gasteiger partial charge in [-0.05, 0) is 29.3 Å². The van der Waals surface area contributed by atoms with E-state index < -0.39 is 11.8 Å². The molecule has 0 radical (unpaired) electrons. The second-order valence-electron chi connectivity index (χ2n) is 7.78. The predicted molar refractivity (Wildman–Crippen MR) is 114 cm³/mol. The van der Waals surface area contributed by atoms with E-state index in [4.69, 9.17) is 0 Å². The summed E-state index contributed by atoms with van der Waals surface area (Å²) in [5.74, 6) is -2.70. The minimum atomic E-state index is -2.63. The number of carbonyl (C=O) groups is 1. The fourth-order valence-electron chi connectivity index (χ4n) is 3.84. The number of aromatic amines is 1. The van der Waals surface area contributed by atoms with E-state index >= 15 is 0 Å². The normalized spacial score (nSPS) is 15.8. The maximum atomic E-state index is 13.5. The van der Waals surface area contributed by atoms with E-state index in [2.05, 4.69) is 30.5 Å². The number of aromatic nitrogens is 5. The first kappa shape index (κ1) is 20.1. The zero-order chi connectivity index (χ0) is 22.1. The van der Waals surface area contributed by atoms with Gasteiger partial charge in [-0.3, -0.25) is 24.8 Å². The summed E-state index contributed by atoms with van der Waals surface area (Å²) >= 11 is 0. The van der Waals surface area contributed by atoms with Crippen molar-refractivity contribution >= 4 is 22.6 Å². The van der Waals surface area contributed by atoms with Crippen LogP contribution in [-0.4, -0.2) is 55.0 Å². The summed E-state index contributed by atoms with van der Waals surface area (Å²) < 4.78 is 27.0. The molecule has 0 atom stereocenters. The molecule has 8 nitrogen and oxygen atoms in total. The van der Waals surface area contributed by atoms with Gasteiger partial charge in [0, 0.05) is 55.2 Å². The highest BCUT2D eigenvalue weighted by molar-refractivity contribution is 6.11. The number of benzene rings is 1. The lowest BCUT2D eigenvalue weighted by Crippen LogP contribution is -2.24. The van der Waals surface area contributed by atoms with Crippen LogP contribution in [0.4, 0.5) is 14.6 Å². The van der Waals surface area contributed by atoms with Crippen LogP contribution in [0.15, 0.2) is 55.2 Å². The Hall–Kier alpha value is -3.79. The average molecular weight is 435 g/mol. The van der Waals surface area contributed by atoms with Crippen LogP contribution in [0.1, 0.15) is 22.5 Å². The number of anilines is 1. The number of likely N-dealkylation sites (tertiary alicyclic amines) is 1. The molecule has 1 amide bonds. The molecule has 0 bridgehead atoms. The number of fused-ring (bicyclic) bond motifs is 1. The lowest BCUT2D eigenvalue weighted by molar-refractivity contribution is 0.0115. The van der Waals surface area contributed by atoms with Crippen molar-refractivity contribution in [2.75, 3.05) is 18.4 Å². The predicted octanol–water partition coefficient (Wildman–Crippen LogP) is 3.51. The Kier molecular flexibility index (Phi) is 5.06.